The molecule has 27 heavy (non-hydrogen) atoms. The molecule has 0 fully saturated rings. The summed E-state index contributed by atoms with van der Waals surface area (Å²) < 4.78 is 10.6. The Morgan fingerprint density at radius 1 is 0.704 bits per heavy atom. The predicted molar refractivity (Wildman–Crippen MR) is 118 cm³/mol. The first-order chi connectivity index (χ1) is 12.7. The van der Waals surface area contributed by atoms with Crippen LogP contribution in [0.1, 0.15) is 96.8 Å². The van der Waals surface area contributed by atoms with Crippen molar-refractivity contribution in [3.05, 3.63) is 0 Å². The minimum atomic E-state index is -0.0794. The summed E-state index contributed by atoms with van der Waals surface area (Å²) in [6.45, 7) is 4.73. The molecular weight excluding hydrogens is 362 g/mol. The van der Waals surface area contributed by atoms with Crippen molar-refractivity contribution < 1.29 is 14.3 Å². The largest absolute Gasteiger partial charge is 0.463 e. The molecule has 0 radical (unpaired) electrons. The molecule has 164 valence electrons. The van der Waals surface area contributed by atoms with Gasteiger partial charge in [-0.05, 0) is 20.5 Å². The molecule has 0 rings (SSSR count). The van der Waals surface area contributed by atoms with E-state index in [1.54, 1.807) is 0 Å². The number of esters is 1. The first-order valence-electron chi connectivity index (χ1n) is 11.0. The van der Waals surface area contributed by atoms with Gasteiger partial charge in [-0.2, -0.15) is 0 Å². The molecule has 0 saturated carbocycles. The zero-order chi connectivity index (χ0) is 19.3. The number of ether oxygens (including phenoxy) is 2. The molecule has 0 bridgehead atoms. The molecule has 0 aliphatic rings. The van der Waals surface area contributed by atoms with Crippen LogP contribution in [0.2, 0.25) is 0 Å². The van der Waals surface area contributed by atoms with Gasteiger partial charge < -0.3 is 14.4 Å². The number of hydrogen-bond acceptors (Lipinski definition) is 4. The van der Waals surface area contributed by atoms with Crippen LogP contribution in [0.4, 0.5) is 0 Å². The van der Waals surface area contributed by atoms with Crippen LogP contribution in [0.5, 0.6) is 0 Å². The number of likely N-dealkylation sites (N-methyl/N-ethyl adjacent to an activating group) is 1. The number of hydrogen-bond donors (Lipinski definition) is 0. The third-order valence-electron chi connectivity index (χ3n) is 4.66. The summed E-state index contributed by atoms with van der Waals surface area (Å²) >= 11 is 0. The highest BCUT2D eigenvalue weighted by atomic mass is 35.5. The highest BCUT2D eigenvalue weighted by Crippen LogP contribution is 2.13. The Labute approximate surface area is 175 Å². The second-order valence-electron chi connectivity index (χ2n) is 7.63. The number of halogens is 1. The Hall–Kier alpha value is -0.320. The van der Waals surface area contributed by atoms with Gasteiger partial charge >= 0.3 is 5.97 Å². The monoisotopic (exact) mass is 407 g/mol. The highest BCUT2D eigenvalue weighted by Gasteiger charge is 2.02. The Kier molecular flexibility index (Phi) is 25.4. The quantitative estimate of drug-likeness (QED) is 0.183. The van der Waals surface area contributed by atoms with E-state index in [0.29, 0.717) is 26.2 Å². The molecule has 0 aromatic carbocycles. The zero-order valence-electron chi connectivity index (χ0n) is 18.3. The van der Waals surface area contributed by atoms with E-state index in [2.05, 4.69) is 11.8 Å². The summed E-state index contributed by atoms with van der Waals surface area (Å²) in [7, 11) is 4.03. The molecule has 0 amide bonds. The fourth-order valence-corrected chi connectivity index (χ4v) is 2.92. The van der Waals surface area contributed by atoms with E-state index < -0.39 is 0 Å². The van der Waals surface area contributed by atoms with E-state index in [1.165, 1.54) is 70.6 Å². The van der Waals surface area contributed by atoms with Crippen molar-refractivity contribution in [1.82, 2.24) is 4.90 Å². The minimum Gasteiger partial charge on any atom is -0.463 e. The molecule has 0 aliphatic carbocycles. The Bertz CT molecular complexity index is 301. The first-order valence-corrected chi connectivity index (χ1v) is 11.0. The van der Waals surface area contributed by atoms with Crippen molar-refractivity contribution in [3.8, 4) is 0 Å². The van der Waals surface area contributed by atoms with Crippen LogP contribution in [0.15, 0.2) is 0 Å². The van der Waals surface area contributed by atoms with Gasteiger partial charge in [0, 0.05) is 13.0 Å². The van der Waals surface area contributed by atoms with Gasteiger partial charge in [-0.3, -0.25) is 4.79 Å². The van der Waals surface area contributed by atoms with Crippen molar-refractivity contribution in [2.24, 2.45) is 0 Å². The number of nitrogens with zero attached hydrogens (tertiary/aromatic N) is 1. The molecule has 0 heterocycles. The highest BCUT2D eigenvalue weighted by molar-refractivity contribution is 5.85. The van der Waals surface area contributed by atoms with Crippen LogP contribution >= 0.6 is 12.4 Å². The van der Waals surface area contributed by atoms with Crippen LogP contribution in [0.3, 0.4) is 0 Å². The summed E-state index contributed by atoms with van der Waals surface area (Å²) in [4.78, 5) is 13.7. The fraction of sp³-hybridized carbons (Fsp3) is 0.955. The second-order valence-corrected chi connectivity index (χ2v) is 7.63. The van der Waals surface area contributed by atoms with E-state index in [1.807, 2.05) is 14.1 Å². The molecule has 0 atom stereocenters. The topological polar surface area (TPSA) is 38.8 Å². The maximum Gasteiger partial charge on any atom is 0.305 e. The standard InChI is InChI=1S/C22H45NO3.ClH/c1-4-5-6-7-8-9-10-11-12-13-14-15-16-17-22(24)26-21-20-25-19-18-23(2)3;/h4-21H2,1-3H3;1H. The van der Waals surface area contributed by atoms with Gasteiger partial charge in [-0.1, -0.05) is 84.0 Å². The molecule has 0 aliphatic heterocycles. The van der Waals surface area contributed by atoms with Gasteiger partial charge in [-0.15, -0.1) is 12.4 Å². The summed E-state index contributed by atoms with van der Waals surface area (Å²) in [5.74, 6) is -0.0794. The van der Waals surface area contributed by atoms with Crippen LogP contribution < -0.4 is 0 Å². The molecular formula is C22H46ClNO3. The van der Waals surface area contributed by atoms with Crippen molar-refractivity contribution in [2.45, 2.75) is 96.8 Å². The maximum atomic E-state index is 11.6. The van der Waals surface area contributed by atoms with E-state index in [4.69, 9.17) is 9.47 Å². The van der Waals surface area contributed by atoms with Crippen LogP contribution in [-0.2, 0) is 14.3 Å². The summed E-state index contributed by atoms with van der Waals surface area (Å²) in [5, 5.41) is 0. The Morgan fingerprint density at radius 2 is 1.19 bits per heavy atom. The van der Waals surface area contributed by atoms with E-state index >= 15 is 0 Å². The van der Waals surface area contributed by atoms with Crippen molar-refractivity contribution >= 4 is 18.4 Å². The zero-order valence-corrected chi connectivity index (χ0v) is 19.1. The van der Waals surface area contributed by atoms with Crippen molar-refractivity contribution in [2.75, 3.05) is 40.5 Å². The summed E-state index contributed by atoms with van der Waals surface area (Å²) in [6.07, 6.45) is 17.7. The normalized spacial score (nSPS) is 10.8. The summed E-state index contributed by atoms with van der Waals surface area (Å²) in [5.41, 5.74) is 0. The number of carbonyl (C=O) groups is 1. The molecule has 5 heteroatoms. The van der Waals surface area contributed by atoms with Gasteiger partial charge in [0.15, 0.2) is 0 Å². The molecule has 0 aromatic rings. The SMILES string of the molecule is CCCCCCCCCCCCCCCC(=O)OCCOCCN(C)C.Cl. The molecule has 0 saturated heterocycles. The van der Waals surface area contributed by atoms with Crippen LogP contribution in [-0.4, -0.2) is 51.3 Å². The van der Waals surface area contributed by atoms with E-state index in [9.17, 15) is 4.79 Å². The average molecular weight is 408 g/mol. The lowest BCUT2D eigenvalue weighted by Gasteiger charge is -2.10. The lowest BCUT2D eigenvalue weighted by atomic mass is 10.0. The van der Waals surface area contributed by atoms with Gasteiger partial charge in [-0.25, -0.2) is 0 Å². The third-order valence-corrected chi connectivity index (χ3v) is 4.66. The maximum absolute atomic E-state index is 11.6. The van der Waals surface area contributed by atoms with Crippen LogP contribution in [0, 0.1) is 0 Å². The third kappa shape index (κ3) is 25.7. The van der Waals surface area contributed by atoms with Gasteiger partial charge in [0.1, 0.15) is 6.61 Å². The Balaban J connectivity index is 0. The van der Waals surface area contributed by atoms with E-state index in [0.717, 1.165) is 19.4 Å². The Morgan fingerprint density at radius 3 is 1.67 bits per heavy atom. The lowest BCUT2D eigenvalue weighted by molar-refractivity contribution is -0.145. The van der Waals surface area contributed by atoms with Crippen LogP contribution in [0.25, 0.3) is 0 Å². The minimum absolute atomic E-state index is 0. The number of carbonyl (C=O) groups excluding carboxylic acids is 1. The van der Waals surface area contributed by atoms with E-state index in [-0.39, 0.29) is 18.4 Å². The molecule has 4 nitrogen and oxygen atoms in total. The first kappa shape index (κ1) is 28.9. The lowest BCUT2D eigenvalue weighted by Crippen LogP contribution is -2.19. The average Bonchev–Trinajstić information content (AvgIpc) is 2.61. The van der Waals surface area contributed by atoms with Gasteiger partial charge in [0.25, 0.3) is 0 Å². The smallest absolute Gasteiger partial charge is 0.305 e. The van der Waals surface area contributed by atoms with Crippen molar-refractivity contribution in [3.63, 3.8) is 0 Å². The molecule has 0 N–H and O–H groups in total. The predicted octanol–water partition coefficient (Wildman–Crippen LogP) is 6.01. The fourth-order valence-electron chi connectivity index (χ4n) is 2.92. The number of unbranched alkanes of at least 4 members (excludes halogenated alkanes) is 12. The number of rotatable bonds is 20. The molecule has 0 spiro atoms. The van der Waals surface area contributed by atoms with Gasteiger partial charge in [0.05, 0.1) is 13.2 Å². The van der Waals surface area contributed by atoms with Crippen molar-refractivity contribution in [1.29, 1.82) is 0 Å². The molecule has 0 unspecified atom stereocenters. The second kappa shape index (κ2) is 23.7. The van der Waals surface area contributed by atoms with Gasteiger partial charge in [0.2, 0.25) is 0 Å². The molecule has 0 aromatic heterocycles. The summed E-state index contributed by atoms with van der Waals surface area (Å²) in [6, 6.07) is 0.